The molecule has 0 spiro atoms. The third-order valence-electron chi connectivity index (χ3n) is 1.10. The van der Waals surface area contributed by atoms with Gasteiger partial charge in [0.2, 0.25) is 0 Å². The first-order chi connectivity index (χ1) is 5.33. The average molecular weight is 164 g/mol. The molecule has 11 heavy (non-hydrogen) atoms. The van der Waals surface area contributed by atoms with Crippen LogP contribution in [0, 0.1) is 11.8 Å². The molecule has 0 saturated carbocycles. The molecule has 0 fully saturated rings. The summed E-state index contributed by atoms with van der Waals surface area (Å²) in [6.07, 6.45) is 5.11. The molecule has 0 amide bonds. The van der Waals surface area contributed by atoms with Gasteiger partial charge in [0.25, 0.3) is 0 Å². The highest BCUT2D eigenvalue weighted by Crippen LogP contribution is 1.96. The number of H-pyrrole nitrogens is 1. The lowest BCUT2D eigenvalue weighted by molar-refractivity contribution is 1.30. The van der Waals surface area contributed by atoms with Crippen molar-refractivity contribution in [3.8, 4) is 11.8 Å². The fourth-order valence-electron chi connectivity index (χ4n) is 0.528. The van der Waals surface area contributed by atoms with Crippen molar-refractivity contribution in [2.45, 2.75) is 6.92 Å². The van der Waals surface area contributed by atoms with Gasteiger partial charge in [-0.15, -0.1) is 12.6 Å². The molecule has 0 aliphatic heterocycles. The monoisotopic (exact) mass is 164 g/mol. The summed E-state index contributed by atoms with van der Waals surface area (Å²) in [6.45, 7) is 1.89. The van der Waals surface area contributed by atoms with E-state index in [1.54, 1.807) is 12.5 Å². The summed E-state index contributed by atoms with van der Waals surface area (Å²) in [7, 11) is 0. The van der Waals surface area contributed by atoms with Crippen LogP contribution in [0.5, 0.6) is 0 Å². The van der Waals surface area contributed by atoms with E-state index in [4.69, 9.17) is 0 Å². The number of rotatable bonds is 0. The highest BCUT2D eigenvalue weighted by Gasteiger charge is 1.83. The molecule has 0 aromatic carbocycles. The molecule has 56 valence electrons. The number of hydrogen-bond acceptors (Lipinski definition) is 2. The smallest absolute Gasteiger partial charge is 0.109 e. The summed E-state index contributed by atoms with van der Waals surface area (Å²) < 4.78 is 0. The Kier molecular flexibility index (Phi) is 2.82. The molecule has 0 aliphatic carbocycles. The number of aromatic amines is 1. The predicted molar refractivity (Wildman–Crippen MR) is 48.2 cm³/mol. The number of allylic oxidation sites excluding steroid dienone is 2. The van der Waals surface area contributed by atoms with E-state index in [-0.39, 0.29) is 0 Å². The molecule has 1 N–H and O–H groups in total. The third-order valence-corrected chi connectivity index (χ3v) is 1.47. The topological polar surface area (TPSA) is 28.7 Å². The van der Waals surface area contributed by atoms with E-state index in [1.807, 2.05) is 13.0 Å². The van der Waals surface area contributed by atoms with Crippen molar-refractivity contribution in [1.29, 1.82) is 0 Å². The molecule has 0 saturated heterocycles. The number of nitrogens with zero attached hydrogens (tertiary/aromatic N) is 1. The largest absolute Gasteiger partial charge is 0.338 e. The highest BCUT2D eigenvalue weighted by atomic mass is 32.1. The van der Waals surface area contributed by atoms with Gasteiger partial charge in [-0.3, -0.25) is 0 Å². The van der Waals surface area contributed by atoms with Gasteiger partial charge in [0, 0.05) is 0 Å². The SMILES string of the molecule is C/C=C(/S)C#Cc1cnc[nH]1. The second-order valence-corrected chi connectivity index (χ2v) is 2.37. The lowest BCUT2D eigenvalue weighted by Gasteiger charge is -1.79. The Morgan fingerprint density at radius 3 is 3.18 bits per heavy atom. The van der Waals surface area contributed by atoms with E-state index in [0.717, 1.165) is 10.6 Å². The van der Waals surface area contributed by atoms with Crippen LogP contribution in [-0.2, 0) is 0 Å². The van der Waals surface area contributed by atoms with Crippen LogP contribution < -0.4 is 0 Å². The average Bonchev–Trinajstić information content (AvgIpc) is 2.52. The molecule has 0 radical (unpaired) electrons. The van der Waals surface area contributed by atoms with Crippen molar-refractivity contribution >= 4 is 12.6 Å². The molecule has 0 bridgehead atoms. The first kappa shape index (κ1) is 7.96. The van der Waals surface area contributed by atoms with Gasteiger partial charge >= 0.3 is 0 Å². The van der Waals surface area contributed by atoms with Crippen LogP contribution in [0.25, 0.3) is 0 Å². The van der Waals surface area contributed by atoms with Gasteiger partial charge in [-0.1, -0.05) is 12.0 Å². The summed E-state index contributed by atoms with van der Waals surface area (Å²) in [5, 5.41) is 0. The summed E-state index contributed by atoms with van der Waals surface area (Å²) >= 11 is 4.09. The Bertz CT molecular complexity index is 301. The Hall–Kier alpha value is -1.14. The molecule has 1 rings (SSSR count). The zero-order chi connectivity index (χ0) is 8.10. The molecule has 1 aromatic rings. The molecule has 0 unspecified atom stereocenters. The third kappa shape index (κ3) is 2.52. The van der Waals surface area contributed by atoms with E-state index in [9.17, 15) is 0 Å². The summed E-state index contributed by atoms with van der Waals surface area (Å²) in [5.41, 5.74) is 0.804. The van der Waals surface area contributed by atoms with Gasteiger partial charge in [0.15, 0.2) is 0 Å². The minimum Gasteiger partial charge on any atom is -0.338 e. The zero-order valence-corrected chi connectivity index (χ0v) is 7.02. The Morgan fingerprint density at radius 1 is 1.82 bits per heavy atom. The van der Waals surface area contributed by atoms with E-state index in [2.05, 4.69) is 34.4 Å². The second-order valence-electron chi connectivity index (χ2n) is 1.89. The van der Waals surface area contributed by atoms with Crippen molar-refractivity contribution < 1.29 is 0 Å². The maximum atomic E-state index is 4.09. The van der Waals surface area contributed by atoms with Crippen molar-refractivity contribution in [2.75, 3.05) is 0 Å². The van der Waals surface area contributed by atoms with E-state index >= 15 is 0 Å². The van der Waals surface area contributed by atoms with Crippen molar-refractivity contribution in [1.82, 2.24) is 9.97 Å². The number of nitrogens with one attached hydrogen (secondary N) is 1. The molecular weight excluding hydrogens is 156 g/mol. The quantitative estimate of drug-likeness (QED) is 0.442. The van der Waals surface area contributed by atoms with Crippen molar-refractivity contribution in [3.05, 3.63) is 29.2 Å². The van der Waals surface area contributed by atoms with Gasteiger partial charge in [-0.05, 0) is 12.8 Å². The Labute approximate surface area is 71.1 Å². The fraction of sp³-hybridized carbons (Fsp3) is 0.125. The zero-order valence-electron chi connectivity index (χ0n) is 6.13. The minimum absolute atomic E-state index is 0.764. The summed E-state index contributed by atoms with van der Waals surface area (Å²) in [6, 6.07) is 0. The van der Waals surface area contributed by atoms with Crippen molar-refractivity contribution in [2.24, 2.45) is 0 Å². The molecule has 0 atom stereocenters. The van der Waals surface area contributed by atoms with Crippen LogP contribution in [0.15, 0.2) is 23.5 Å². The van der Waals surface area contributed by atoms with Crippen LogP contribution in [0.3, 0.4) is 0 Å². The summed E-state index contributed by atoms with van der Waals surface area (Å²) in [5.74, 6) is 5.70. The van der Waals surface area contributed by atoms with E-state index in [0.29, 0.717) is 0 Å². The first-order valence-electron chi connectivity index (χ1n) is 3.18. The van der Waals surface area contributed by atoms with Crippen LogP contribution >= 0.6 is 12.6 Å². The fourth-order valence-corrected chi connectivity index (χ4v) is 0.584. The van der Waals surface area contributed by atoms with Gasteiger partial charge in [0.05, 0.1) is 17.4 Å². The van der Waals surface area contributed by atoms with Gasteiger partial charge in [0.1, 0.15) is 5.69 Å². The standard InChI is InChI=1S/C8H8N2S/c1-2-8(11)4-3-7-5-9-6-10-7/h2,5-6,11H,1H3,(H,9,10)/b8-2+. The molecular formula is C8H8N2S. The van der Waals surface area contributed by atoms with Crippen LogP contribution in [0.2, 0.25) is 0 Å². The minimum atomic E-state index is 0.764. The highest BCUT2D eigenvalue weighted by molar-refractivity contribution is 7.84. The van der Waals surface area contributed by atoms with Crippen LogP contribution in [0.4, 0.5) is 0 Å². The second kappa shape index (κ2) is 3.89. The Morgan fingerprint density at radius 2 is 2.64 bits per heavy atom. The van der Waals surface area contributed by atoms with Gasteiger partial charge < -0.3 is 4.98 Å². The molecule has 3 heteroatoms. The van der Waals surface area contributed by atoms with Gasteiger partial charge in [-0.2, -0.15) is 0 Å². The molecule has 2 nitrogen and oxygen atoms in total. The number of hydrogen-bond donors (Lipinski definition) is 2. The normalized spacial score (nSPS) is 10.5. The molecule has 0 aliphatic rings. The van der Waals surface area contributed by atoms with Crippen LogP contribution in [-0.4, -0.2) is 9.97 Å². The van der Waals surface area contributed by atoms with Gasteiger partial charge in [-0.25, -0.2) is 4.98 Å². The lowest BCUT2D eigenvalue weighted by atomic mass is 10.4. The lowest BCUT2D eigenvalue weighted by Crippen LogP contribution is -1.69. The van der Waals surface area contributed by atoms with Crippen LogP contribution in [0.1, 0.15) is 12.6 Å². The van der Waals surface area contributed by atoms with E-state index < -0.39 is 0 Å². The predicted octanol–water partition coefficient (Wildman–Crippen LogP) is 1.59. The first-order valence-corrected chi connectivity index (χ1v) is 3.63. The molecule has 1 aromatic heterocycles. The molecule has 1 heterocycles. The Balaban J connectivity index is 2.74. The number of imidazole rings is 1. The maximum absolute atomic E-state index is 4.09. The number of thiol groups is 1. The summed E-state index contributed by atoms with van der Waals surface area (Å²) in [4.78, 5) is 7.46. The van der Waals surface area contributed by atoms with E-state index in [1.165, 1.54) is 0 Å². The van der Waals surface area contributed by atoms with Crippen molar-refractivity contribution in [3.63, 3.8) is 0 Å². The number of aromatic nitrogens is 2. The maximum Gasteiger partial charge on any atom is 0.109 e.